The van der Waals surface area contributed by atoms with Crippen LogP contribution in [0.4, 0.5) is 16.2 Å². The molecule has 2 heterocycles. The highest BCUT2D eigenvalue weighted by Crippen LogP contribution is 2.29. The first-order chi connectivity index (χ1) is 14.5. The van der Waals surface area contributed by atoms with E-state index in [1.54, 1.807) is 25.2 Å². The molecular formula is C22H28N4O4. The van der Waals surface area contributed by atoms with E-state index < -0.39 is 0 Å². The van der Waals surface area contributed by atoms with Gasteiger partial charge in [-0.1, -0.05) is 12.7 Å². The lowest BCUT2D eigenvalue weighted by Gasteiger charge is -2.36. The van der Waals surface area contributed by atoms with Crippen LogP contribution in [-0.2, 0) is 0 Å². The molecule has 1 saturated heterocycles. The van der Waals surface area contributed by atoms with Crippen LogP contribution >= 0.6 is 0 Å². The number of hydrogen-bond acceptors (Lipinski definition) is 6. The molecule has 0 bridgehead atoms. The summed E-state index contributed by atoms with van der Waals surface area (Å²) >= 11 is 0. The van der Waals surface area contributed by atoms with E-state index in [9.17, 15) is 4.79 Å². The van der Waals surface area contributed by atoms with Crippen LogP contribution in [0.25, 0.3) is 6.08 Å². The van der Waals surface area contributed by atoms with Crippen molar-refractivity contribution >= 4 is 23.5 Å². The molecule has 3 rings (SSSR count). The minimum Gasteiger partial charge on any atom is -0.497 e. The SMILES string of the molecule is C=Cc1cc(NC(=O)N2CCN(c3cc(OC)cc(OC)c3)CC2)c(OC)nc1C. The monoisotopic (exact) mass is 412 g/mol. The number of carbonyl (C=O) groups is 1. The number of piperazine rings is 1. The van der Waals surface area contributed by atoms with Gasteiger partial charge in [-0.2, -0.15) is 0 Å². The third kappa shape index (κ3) is 4.59. The van der Waals surface area contributed by atoms with E-state index in [-0.39, 0.29) is 6.03 Å². The van der Waals surface area contributed by atoms with Crippen LogP contribution in [0.3, 0.4) is 0 Å². The van der Waals surface area contributed by atoms with E-state index in [0.29, 0.717) is 37.7 Å². The van der Waals surface area contributed by atoms with Gasteiger partial charge in [0.1, 0.15) is 17.2 Å². The molecule has 8 nitrogen and oxygen atoms in total. The van der Waals surface area contributed by atoms with Gasteiger partial charge in [0, 0.05) is 55.8 Å². The predicted molar refractivity (Wildman–Crippen MR) is 118 cm³/mol. The molecule has 0 radical (unpaired) electrons. The fourth-order valence-corrected chi connectivity index (χ4v) is 3.39. The number of aromatic nitrogens is 1. The molecule has 2 aromatic rings. The van der Waals surface area contributed by atoms with Crippen LogP contribution in [-0.4, -0.2) is 63.4 Å². The van der Waals surface area contributed by atoms with Gasteiger partial charge in [-0.15, -0.1) is 0 Å². The third-order valence-corrected chi connectivity index (χ3v) is 5.14. The Balaban J connectivity index is 1.67. The number of nitrogens with zero attached hydrogens (tertiary/aromatic N) is 3. The number of hydrogen-bond donors (Lipinski definition) is 1. The summed E-state index contributed by atoms with van der Waals surface area (Å²) in [5.41, 5.74) is 3.18. The van der Waals surface area contributed by atoms with Crippen molar-refractivity contribution in [2.45, 2.75) is 6.92 Å². The zero-order valence-electron chi connectivity index (χ0n) is 17.9. The first-order valence-electron chi connectivity index (χ1n) is 9.71. The molecule has 1 aromatic carbocycles. The summed E-state index contributed by atoms with van der Waals surface area (Å²) in [6.45, 7) is 8.23. The smallest absolute Gasteiger partial charge is 0.322 e. The maximum absolute atomic E-state index is 12.8. The van der Waals surface area contributed by atoms with Gasteiger partial charge in [0.05, 0.1) is 21.3 Å². The zero-order valence-corrected chi connectivity index (χ0v) is 17.9. The second kappa shape index (κ2) is 9.39. The predicted octanol–water partition coefficient (Wildman–Crippen LogP) is 3.41. The fraction of sp³-hybridized carbons (Fsp3) is 0.364. The lowest BCUT2D eigenvalue weighted by atomic mass is 10.2. The first kappa shape index (κ1) is 21.3. The molecular weight excluding hydrogens is 384 g/mol. The molecule has 160 valence electrons. The van der Waals surface area contributed by atoms with Crippen LogP contribution in [0.2, 0.25) is 0 Å². The van der Waals surface area contributed by atoms with E-state index >= 15 is 0 Å². The van der Waals surface area contributed by atoms with Gasteiger partial charge in [0.2, 0.25) is 5.88 Å². The van der Waals surface area contributed by atoms with Gasteiger partial charge in [-0.25, -0.2) is 9.78 Å². The summed E-state index contributed by atoms with van der Waals surface area (Å²) in [5, 5.41) is 2.92. The van der Waals surface area contributed by atoms with Gasteiger partial charge in [-0.05, 0) is 18.6 Å². The van der Waals surface area contributed by atoms with Crippen molar-refractivity contribution in [2.75, 3.05) is 57.7 Å². The van der Waals surface area contributed by atoms with Gasteiger partial charge in [0.25, 0.3) is 0 Å². The van der Waals surface area contributed by atoms with Crippen LogP contribution < -0.4 is 24.4 Å². The summed E-state index contributed by atoms with van der Waals surface area (Å²) in [6.07, 6.45) is 1.71. The highest BCUT2D eigenvalue weighted by molar-refractivity contribution is 5.91. The summed E-state index contributed by atoms with van der Waals surface area (Å²) in [6, 6.07) is 7.42. The van der Waals surface area contributed by atoms with Crippen LogP contribution in [0.15, 0.2) is 30.8 Å². The third-order valence-electron chi connectivity index (χ3n) is 5.14. The summed E-state index contributed by atoms with van der Waals surface area (Å²) in [4.78, 5) is 21.2. The Kier molecular flexibility index (Phi) is 6.66. The van der Waals surface area contributed by atoms with Gasteiger partial charge in [-0.3, -0.25) is 0 Å². The number of benzene rings is 1. The number of amides is 2. The Labute approximate surface area is 177 Å². The lowest BCUT2D eigenvalue weighted by molar-refractivity contribution is 0.208. The Morgan fingerprint density at radius 1 is 1.03 bits per heavy atom. The molecule has 0 unspecified atom stereocenters. The molecule has 1 aromatic heterocycles. The van der Waals surface area contributed by atoms with Crippen LogP contribution in [0.5, 0.6) is 17.4 Å². The Hall–Kier alpha value is -3.42. The average Bonchev–Trinajstić information content (AvgIpc) is 2.79. The van der Waals surface area contributed by atoms with E-state index in [0.717, 1.165) is 28.4 Å². The topological polar surface area (TPSA) is 76.2 Å². The first-order valence-corrected chi connectivity index (χ1v) is 9.71. The number of pyridine rings is 1. The molecule has 0 spiro atoms. The Bertz CT molecular complexity index is 901. The fourth-order valence-electron chi connectivity index (χ4n) is 3.39. The Morgan fingerprint density at radius 2 is 1.67 bits per heavy atom. The van der Waals surface area contributed by atoms with E-state index in [2.05, 4.69) is 21.8 Å². The molecule has 0 atom stereocenters. The van der Waals surface area contributed by atoms with Crippen molar-refractivity contribution in [1.29, 1.82) is 0 Å². The van der Waals surface area contributed by atoms with E-state index in [4.69, 9.17) is 14.2 Å². The molecule has 2 amide bonds. The molecule has 1 aliphatic heterocycles. The van der Waals surface area contributed by atoms with Crippen molar-refractivity contribution < 1.29 is 19.0 Å². The number of rotatable bonds is 6. The molecule has 1 fully saturated rings. The summed E-state index contributed by atoms with van der Waals surface area (Å²) in [5.74, 6) is 1.86. The van der Waals surface area contributed by atoms with Crippen molar-refractivity contribution in [3.63, 3.8) is 0 Å². The molecule has 1 N–H and O–H groups in total. The highest BCUT2D eigenvalue weighted by atomic mass is 16.5. The van der Waals surface area contributed by atoms with Gasteiger partial charge < -0.3 is 29.3 Å². The number of carbonyl (C=O) groups excluding carboxylic acids is 1. The number of urea groups is 1. The van der Waals surface area contributed by atoms with E-state index in [1.165, 1.54) is 7.11 Å². The minimum atomic E-state index is -0.183. The molecule has 1 aliphatic rings. The van der Waals surface area contributed by atoms with Gasteiger partial charge >= 0.3 is 6.03 Å². The summed E-state index contributed by atoms with van der Waals surface area (Å²) < 4.78 is 16.0. The van der Waals surface area contributed by atoms with Crippen LogP contribution in [0.1, 0.15) is 11.3 Å². The zero-order chi connectivity index (χ0) is 21.7. The maximum atomic E-state index is 12.8. The lowest BCUT2D eigenvalue weighted by Crippen LogP contribution is -2.50. The average molecular weight is 412 g/mol. The number of aryl methyl sites for hydroxylation is 1. The highest BCUT2D eigenvalue weighted by Gasteiger charge is 2.23. The number of methoxy groups -OCH3 is 3. The second-order valence-electron chi connectivity index (χ2n) is 6.90. The van der Waals surface area contributed by atoms with E-state index in [1.807, 2.05) is 31.2 Å². The minimum absolute atomic E-state index is 0.183. The standard InChI is InChI=1S/C22H28N4O4/c1-6-16-11-20(21(30-5)23-15(16)2)24-22(27)26-9-7-25(8-10-26)17-12-18(28-3)14-19(13-17)29-4/h6,11-14H,1,7-10H2,2-5H3,(H,24,27). The second-order valence-corrected chi connectivity index (χ2v) is 6.90. The largest absolute Gasteiger partial charge is 0.497 e. The molecule has 0 saturated carbocycles. The van der Waals surface area contributed by atoms with Crippen molar-refractivity contribution in [3.05, 3.63) is 42.1 Å². The van der Waals surface area contributed by atoms with Gasteiger partial charge in [0.15, 0.2) is 0 Å². The van der Waals surface area contributed by atoms with Crippen molar-refractivity contribution in [2.24, 2.45) is 0 Å². The molecule has 0 aliphatic carbocycles. The van der Waals surface area contributed by atoms with Crippen molar-refractivity contribution in [3.8, 4) is 17.4 Å². The normalized spacial score (nSPS) is 13.6. The number of ether oxygens (including phenoxy) is 3. The molecule has 30 heavy (non-hydrogen) atoms. The molecule has 8 heteroatoms. The number of anilines is 2. The van der Waals surface area contributed by atoms with Crippen LogP contribution in [0, 0.1) is 6.92 Å². The Morgan fingerprint density at radius 3 is 2.20 bits per heavy atom. The summed E-state index contributed by atoms with van der Waals surface area (Å²) in [7, 11) is 4.80. The quantitative estimate of drug-likeness (QED) is 0.784. The number of nitrogens with one attached hydrogen (secondary N) is 1. The van der Waals surface area contributed by atoms with Crippen molar-refractivity contribution in [1.82, 2.24) is 9.88 Å². The maximum Gasteiger partial charge on any atom is 0.322 e.